The molecule has 108 valence electrons. The highest BCUT2D eigenvalue weighted by Crippen LogP contribution is 2.13. The first kappa shape index (κ1) is 14.6. The van der Waals surface area contributed by atoms with Crippen LogP contribution in [-0.2, 0) is 20.7 Å². The third kappa shape index (κ3) is 4.10. The molecule has 6 nitrogen and oxygen atoms in total. The molecule has 0 saturated heterocycles. The number of hydrogen-bond donors (Lipinski definition) is 1. The number of rotatable bonds is 5. The minimum absolute atomic E-state index is 0.161. The van der Waals surface area contributed by atoms with Crippen LogP contribution >= 0.6 is 0 Å². The van der Waals surface area contributed by atoms with Crippen LogP contribution in [0.3, 0.4) is 0 Å². The van der Waals surface area contributed by atoms with Crippen molar-refractivity contribution in [1.29, 1.82) is 0 Å². The van der Waals surface area contributed by atoms with Crippen LogP contribution in [0, 0.1) is 5.92 Å². The molecule has 0 bridgehead atoms. The van der Waals surface area contributed by atoms with Crippen molar-refractivity contribution in [3.63, 3.8) is 0 Å². The minimum Gasteiger partial charge on any atom is -0.468 e. The average molecular weight is 285 g/mol. The maximum absolute atomic E-state index is 12.3. The summed E-state index contributed by atoms with van der Waals surface area (Å²) in [5.74, 6) is -1.97. The van der Waals surface area contributed by atoms with Gasteiger partial charge in [-0.2, -0.15) is 0 Å². The molecule has 1 atom stereocenters. The van der Waals surface area contributed by atoms with Crippen LogP contribution in [0.15, 0.2) is 48.9 Å². The van der Waals surface area contributed by atoms with Crippen LogP contribution in [-0.4, -0.2) is 29.0 Å². The number of carbonyl (C=O) groups is 2. The lowest BCUT2D eigenvalue weighted by Crippen LogP contribution is -2.32. The number of methoxy groups -OCH3 is 1. The Labute approximate surface area is 122 Å². The van der Waals surface area contributed by atoms with Gasteiger partial charge in [-0.25, -0.2) is 9.97 Å². The van der Waals surface area contributed by atoms with E-state index in [0.717, 1.165) is 0 Å². The van der Waals surface area contributed by atoms with E-state index in [4.69, 9.17) is 4.74 Å². The number of hydrogen-bond acceptors (Lipinski definition) is 5. The molecule has 21 heavy (non-hydrogen) atoms. The van der Waals surface area contributed by atoms with Gasteiger partial charge in [0, 0.05) is 24.0 Å². The lowest BCUT2D eigenvalue weighted by Gasteiger charge is -2.14. The Balaban J connectivity index is 2.12. The van der Waals surface area contributed by atoms with E-state index in [0.29, 0.717) is 11.4 Å². The van der Waals surface area contributed by atoms with Crippen molar-refractivity contribution in [3.05, 3.63) is 54.6 Å². The molecule has 0 saturated carbocycles. The van der Waals surface area contributed by atoms with Crippen LogP contribution in [0.25, 0.3) is 0 Å². The van der Waals surface area contributed by atoms with Crippen molar-refractivity contribution in [2.45, 2.75) is 6.42 Å². The topological polar surface area (TPSA) is 81.2 Å². The molecule has 6 heteroatoms. The summed E-state index contributed by atoms with van der Waals surface area (Å²) < 4.78 is 4.70. The van der Waals surface area contributed by atoms with Crippen molar-refractivity contribution >= 4 is 17.6 Å². The van der Waals surface area contributed by atoms with Gasteiger partial charge in [0.05, 0.1) is 7.11 Å². The molecule has 0 fully saturated rings. The molecule has 0 aliphatic carbocycles. The number of carbonyl (C=O) groups excluding carboxylic acids is 2. The normalized spacial score (nSPS) is 11.5. The van der Waals surface area contributed by atoms with E-state index in [9.17, 15) is 9.59 Å². The summed E-state index contributed by atoms with van der Waals surface area (Å²) in [4.78, 5) is 31.9. The molecule has 0 aliphatic rings. The van der Waals surface area contributed by atoms with Gasteiger partial charge >= 0.3 is 5.97 Å². The predicted molar refractivity (Wildman–Crippen MR) is 76.3 cm³/mol. The zero-order chi connectivity index (χ0) is 15.1. The largest absolute Gasteiger partial charge is 0.468 e. The first-order valence-corrected chi connectivity index (χ1v) is 6.39. The van der Waals surface area contributed by atoms with Crippen LogP contribution in [0.1, 0.15) is 5.69 Å². The molecule has 2 aromatic rings. The molecule has 0 aliphatic heterocycles. The molecular weight excluding hydrogens is 270 g/mol. The number of nitrogens with one attached hydrogen (secondary N) is 1. The van der Waals surface area contributed by atoms with Gasteiger partial charge in [-0.05, 0) is 18.2 Å². The highest BCUT2D eigenvalue weighted by atomic mass is 16.5. The fraction of sp³-hybridized carbons (Fsp3) is 0.200. The second-order valence-electron chi connectivity index (χ2n) is 4.34. The van der Waals surface area contributed by atoms with Gasteiger partial charge in [0.15, 0.2) is 0 Å². The summed E-state index contributed by atoms with van der Waals surface area (Å²) in [5, 5.41) is 2.69. The molecule has 1 aromatic heterocycles. The molecule has 2 rings (SSSR count). The first-order valence-electron chi connectivity index (χ1n) is 6.39. The third-order valence-corrected chi connectivity index (χ3v) is 2.90. The number of nitrogens with zero attached hydrogens (tertiary/aromatic N) is 2. The van der Waals surface area contributed by atoms with Crippen molar-refractivity contribution in [1.82, 2.24) is 9.97 Å². The van der Waals surface area contributed by atoms with Crippen molar-refractivity contribution in [3.8, 4) is 0 Å². The van der Waals surface area contributed by atoms with Crippen molar-refractivity contribution < 1.29 is 14.3 Å². The second-order valence-corrected chi connectivity index (χ2v) is 4.34. The Morgan fingerprint density at radius 2 is 2.00 bits per heavy atom. The molecule has 1 heterocycles. The fourth-order valence-electron chi connectivity index (χ4n) is 1.82. The van der Waals surface area contributed by atoms with Gasteiger partial charge in [-0.3, -0.25) is 9.59 Å². The zero-order valence-corrected chi connectivity index (χ0v) is 11.5. The van der Waals surface area contributed by atoms with Gasteiger partial charge in [0.1, 0.15) is 12.2 Å². The van der Waals surface area contributed by atoms with E-state index in [-0.39, 0.29) is 6.42 Å². The van der Waals surface area contributed by atoms with E-state index in [2.05, 4.69) is 15.3 Å². The number of aromatic nitrogens is 2. The molecular formula is C15H15N3O3. The summed E-state index contributed by atoms with van der Waals surface area (Å²) in [6.07, 6.45) is 3.10. The molecule has 0 spiro atoms. The molecule has 1 N–H and O–H groups in total. The SMILES string of the molecule is COC(=O)C(Cc1ccncn1)C(=O)Nc1ccccc1. The fourth-order valence-corrected chi connectivity index (χ4v) is 1.82. The zero-order valence-electron chi connectivity index (χ0n) is 11.5. The van der Waals surface area contributed by atoms with Crippen LogP contribution < -0.4 is 5.32 Å². The summed E-state index contributed by atoms with van der Waals surface area (Å²) in [6.45, 7) is 0. The van der Waals surface area contributed by atoms with Crippen molar-refractivity contribution in [2.24, 2.45) is 5.92 Å². The smallest absolute Gasteiger partial charge is 0.318 e. The van der Waals surface area contributed by atoms with Gasteiger partial charge in [-0.1, -0.05) is 18.2 Å². The summed E-state index contributed by atoms with van der Waals surface area (Å²) in [7, 11) is 1.26. The van der Waals surface area contributed by atoms with Crippen LogP contribution in [0.5, 0.6) is 0 Å². The Morgan fingerprint density at radius 1 is 1.24 bits per heavy atom. The number of esters is 1. The summed E-state index contributed by atoms with van der Waals surface area (Å²) >= 11 is 0. The number of ether oxygens (including phenoxy) is 1. The van der Waals surface area contributed by atoms with Crippen LogP contribution in [0.2, 0.25) is 0 Å². The highest BCUT2D eigenvalue weighted by Gasteiger charge is 2.28. The lowest BCUT2D eigenvalue weighted by molar-refractivity contribution is -0.148. The van der Waals surface area contributed by atoms with Gasteiger partial charge in [0.2, 0.25) is 5.91 Å². The standard InChI is InChI=1S/C15H15N3O3/c1-21-15(20)13(9-12-7-8-16-10-17-12)14(19)18-11-5-3-2-4-6-11/h2-8,10,13H,9H2,1H3,(H,18,19). The maximum Gasteiger partial charge on any atom is 0.318 e. The third-order valence-electron chi connectivity index (χ3n) is 2.90. The summed E-state index contributed by atoms with van der Waals surface area (Å²) in [6, 6.07) is 10.6. The quantitative estimate of drug-likeness (QED) is 0.664. The number of para-hydroxylation sites is 1. The molecule has 0 radical (unpaired) electrons. The van der Waals surface area contributed by atoms with E-state index >= 15 is 0 Å². The van der Waals surface area contributed by atoms with Gasteiger partial charge in [0.25, 0.3) is 0 Å². The first-order chi connectivity index (χ1) is 10.2. The number of amides is 1. The van der Waals surface area contributed by atoms with E-state index in [1.54, 1.807) is 36.5 Å². The number of anilines is 1. The van der Waals surface area contributed by atoms with E-state index in [1.807, 2.05) is 6.07 Å². The van der Waals surface area contributed by atoms with Crippen LogP contribution in [0.4, 0.5) is 5.69 Å². The Kier molecular flexibility index (Phi) is 4.98. The monoisotopic (exact) mass is 285 g/mol. The van der Waals surface area contributed by atoms with Crippen molar-refractivity contribution in [2.75, 3.05) is 12.4 Å². The predicted octanol–water partition coefficient (Wildman–Crippen LogP) is 1.45. The highest BCUT2D eigenvalue weighted by molar-refractivity contribution is 6.04. The van der Waals surface area contributed by atoms with Gasteiger partial charge < -0.3 is 10.1 Å². The molecule has 1 amide bonds. The minimum atomic E-state index is -0.954. The Bertz CT molecular complexity index is 602. The summed E-state index contributed by atoms with van der Waals surface area (Å²) in [5.41, 5.74) is 1.22. The van der Waals surface area contributed by atoms with E-state index < -0.39 is 17.8 Å². The average Bonchev–Trinajstić information content (AvgIpc) is 2.53. The lowest BCUT2D eigenvalue weighted by atomic mass is 10.0. The number of benzene rings is 1. The molecule has 1 unspecified atom stereocenters. The van der Waals surface area contributed by atoms with Gasteiger partial charge in [-0.15, -0.1) is 0 Å². The van der Waals surface area contributed by atoms with E-state index in [1.165, 1.54) is 13.4 Å². The Hall–Kier alpha value is -2.76. The molecule has 1 aromatic carbocycles. The maximum atomic E-state index is 12.3. The Morgan fingerprint density at radius 3 is 2.62 bits per heavy atom. The second kappa shape index (κ2) is 7.14.